The van der Waals surface area contributed by atoms with Crippen LogP contribution in [0.5, 0.6) is 0 Å². The van der Waals surface area contributed by atoms with Crippen molar-refractivity contribution in [1.29, 1.82) is 5.41 Å². The molecular weight excluding hydrogens is 138 g/mol. The van der Waals surface area contributed by atoms with E-state index in [2.05, 4.69) is 13.8 Å². The van der Waals surface area contributed by atoms with Gasteiger partial charge in [0, 0.05) is 12.6 Å². The minimum absolute atomic E-state index is 0.226. The third-order valence-electron chi connectivity index (χ3n) is 2.68. The Hall–Kier alpha value is -0.730. The van der Waals surface area contributed by atoms with Crippen LogP contribution in [-0.4, -0.2) is 23.4 Å². The molecule has 0 spiro atoms. The Morgan fingerprint density at radius 1 is 1.55 bits per heavy atom. The van der Waals surface area contributed by atoms with Gasteiger partial charge in [-0.15, -0.1) is 0 Å². The minimum Gasteiger partial charge on any atom is -0.370 e. The fourth-order valence-corrected chi connectivity index (χ4v) is 1.68. The van der Waals surface area contributed by atoms with E-state index in [1.165, 1.54) is 12.8 Å². The first kappa shape index (κ1) is 8.37. The van der Waals surface area contributed by atoms with Crippen molar-refractivity contribution in [2.45, 2.75) is 32.7 Å². The summed E-state index contributed by atoms with van der Waals surface area (Å²) < 4.78 is 0. The fraction of sp³-hybridized carbons (Fsp3) is 0.875. The molecule has 0 aromatic rings. The number of hydrogen-bond acceptors (Lipinski definition) is 1. The summed E-state index contributed by atoms with van der Waals surface area (Å²) in [6.45, 7) is 5.33. The topological polar surface area (TPSA) is 53.1 Å². The van der Waals surface area contributed by atoms with Gasteiger partial charge in [0.25, 0.3) is 0 Å². The molecule has 1 fully saturated rings. The van der Waals surface area contributed by atoms with Crippen molar-refractivity contribution in [2.24, 2.45) is 11.7 Å². The highest BCUT2D eigenvalue weighted by molar-refractivity contribution is 5.75. The quantitative estimate of drug-likeness (QED) is 0.405. The molecule has 3 heteroatoms. The van der Waals surface area contributed by atoms with Crippen LogP contribution in [-0.2, 0) is 0 Å². The van der Waals surface area contributed by atoms with E-state index < -0.39 is 0 Å². The summed E-state index contributed by atoms with van der Waals surface area (Å²) in [4.78, 5) is 1.98. The number of nitrogens with zero attached hydrogens (tertiary/aromatic N) is 1. The molecule has 11 heavy (non-hydrogen) atoms. The maximum atomic E-state index is 7.31. The lowest BCUT2D eigenvalue weighted by Gasteiger charge is -2.38. The number of nitrogens with one attached hydrogen (secondary N) is 1. The van der Waals surface area contributed by atoms with Crippen LogP contribution < -0.4 is 5.73 Å². The van der Waals surface area contributed by atoms with Crippen molar-refractivity contribution < 1.29 is 0 Å². The molecule has 0 bridgehead atoms. The van der Waals surface area contributed by atoms with Crippen LogP contribution in [0.3, 0.4) is 0 Å². The van der Waals surface area contributed by atoms with Gasteiger partial charge >= 0.3 is 0 Å². The molecule has 0 aromatic carbocycles. The minimum atomic E-state index is 0.226. The second-order valence-corrected chi connectivity index (χ2v) is 3.44. The number of likely N-dealkylation sites (tertiary alicyclic amines) is 1. The molecular formula is C8H17N3. The molecule has 3 nitrogen and oxygen atoms in total. The SMILES string of the molecule is C[C@@H]1CCCN(C(=N)N)[C@@H]1C. The van der Waals surface area contributed by atoms with Crippen LogP contribution in [0, 0.1) is 11.3 Å². The lowest BCUT2D eigenvalue weighted by atomic mass is 9.92. The zero-order valence-corrected chi connectivity index (χ0v) is 7.30. The van der Waals surface area contributed by atoms with Gasteiger partial charge < -0.3 is 10.6 Å². The van der Waals surface area contributed by atoms with Crippen LogP contribution >= 0.6 is 0 Å². The lowest BCUT2D eigenvalue weighted by Crippen LogP contribution is -2.48. The Labute approximate surface area is 68.1 Å². The Balaban J connectivity index is 2.58. The summed E-state index contributed by atoms with van der Waals surface area (Å²) in [6, 6.07) is 0.446. The van der Waals surface area contributed by atoms with Gasteiger partial charge in [0.1, 0.15) is 0 Å². The van der Waals surface area contributed by atoms with Gasteiger partial charge in [-0.2, -0.15) is 0 Å². The van der Waals surface area contributed by atoms with Crippen molar-refractivity contribution in [3.8, 4) is 0 Å². The molecule has 0 amide bonds. The van der Waals surface area contributed by atoms with Crippen LogP contribution in [0.2, 0.25) is 0 Å². The number of rotatable bonds is 0. The predicted octanol–water partition coefficient (Wildman–Crippen LogP) is 1.00. The van der Waals surface area contributed by atoms with Gasteiger partial charge in [0.15, 0.2) is 5.96 Å². The zero-order chi connectivity index (χ0) is 8.43. The Morgan fingerprint density at radius 3 is 2.64 bits per heavy atom. The normalized spacial score (nSPS) is 32.0. The van der Waals surface area contributed by atoms with E-state index in [-0.39, 0.29) is 5.96 Å². The molecule has 1 aliphatic heterocycles. The average molecular weight is 155 g/mol. The van der Waals surface area contributed by atoms with E-state index in [4.69, 9.17) is 11.1 Å². The zero-order valence-electron chi connectivity index (χ0n) is 7.30. The monoisotopic (exact) mass is 155 g/mol. The Bertz CT molecular complexity index is 155. The summed E-state index contributed by atoms with van der Waals surface area (Å²) in [5.41, 5.74) is 5.43. The van der Waals surface area contributed by atoms with Gasteiger partial charge in [-0.05, 0) is 25.7 Å². The van der Waals surface area contributed by atoms with Crippen molar-refractivity contribution in [3.63, 3.8) is 0 Å². The maximum Gasteiger partial charge on any atom is 0.188 e. The van der Waals surface area contributed by atoms with Crippen molar-refractivity contribution >= 4 is 5.96 Å². The van der Waals surface area contributed by atoms with E-state index in [1.807, 2.05) is 4.90 Å². The van der Waals surface area contributed by atoms with Crippen LogP contribution in [0.25, 0.3) is 0 Å². The molecule has 0 radical (unpaired) electrons. The molecule has 1 saturated heterocycles. The smallest absolute Gasteiger partial charge is 0.188 e. The first-order valence-electron chi connectivity index (χ1n) is 4.23. The number of piperidine rings is 1. The highest BCUT2D eigenvalue weighted by atomic mass is 15.3. The number of guanidine groups is 1. The molecule has 64 valence electrons. The van der Waals surface area contributed by atoms with E-state index in [9.17, 15) is 0 Å². The van der Waals surface area contributed by atoms with Gasteiger partial charge in [-0.25, -0.2) is 0 Å². The molecule has 0 unspecified atom stereocenters. The fourth-order valence-electron chi connectivity index (χ4n) is 1.68. The van der Waals surface area contributed by atoms with Gasteiger partial charge in [-0.3, -0.25) is 5.41 Å². The van der Waals surface area contributed by atoms with E-state index in [0.717, 1.165) is 6.54 Å². The average Bonchev–Trinajstić information content (AvgIpc) is 1.94. The highest BCUT2D eigenvalue weighted by Crippen LogP contribution is 2.21. The summed E-state index contributed by atoms with van der Waals surface area (Å²) >= 11 is 0. The summed E-state index contributed by atoms with van der Waals surface area (Å²) in [7, 11) is 0. The predicted molar refractivity (Wildman–Crippen MR) is 46.5 cm³/mol. The standard InChI is InChI=1S/C8H17N3/c1-6-4-3-5-11(7(6)2)8(9)10/h6-7H,3-5H2,1-2H3,(H3,9,10)/t6-,7-/m1/s1. The number of hydrogen-bond donors (Lipinski definition) is 2. The summed E-state index contributed by atoms with van der Waals surface area (Å²) in [6.07, 6.45) is 2.44. The van der Waals surface area contributed by atoms with E-state index in [0.29, 0.717) is 12.0 Å². The first-order valence-corrected chi connectivity index (χ1v) is 4.23. The lowest BCUT2D eigenvalue weighted by molar-refractivity contribution is 0.188. The van der Waals surface area contributed by atoms with Crippen LogP contribution in [0.1, 0.15) is 26.7 Å². The second kappa shape index (κ2) is 3.11. The molecule has 1 rings (SSSR count). The first-order chi connectivity index (χ1) is 5.13. The molecule has 0 saturated carbocycles. The number of nitrogens with two attached hydrogens (primary N) is 1. The molecule has 1 heterocycles. The highest BCUT2D eigenvalue weighted by Gasteiger charge is 2.24. The van der Waals surface area contributed by atoms with Gasteiger partial charge in [-0.1, -0.05) is 6.92 Å². The molecule has 1 aliphatic rings. The van der Waals surface area contributed by atoms with Crippen LogP contribution in [0.4, 0.5) is 0 Å². The summed E-state index contributed by atoms with van der Waals surface area (Å²) in [5.74, 6) is 0.900. The maximum absolute atomic E-state index is 7.31. The summed E-state index contributed by atoms with van der Waals surface area (Å²) in [5, 5.41) is 7.31. The van der Waals surface area contributed by atoms with Crippen molar-refractivity contribution in [1.82, 2.24) is 4.90 Å². The second-order valence-electron chi connectivity index (χ2n) is 3.44. The Kier molecular flexibility index (Phi) is 2.37. The van der Waals surface area contributed by atoms with Crippen LogP contribution in [0.15, 0.2) is 0 Å². The van der Waals surface area contributed by atoms with E-state index in [1.54, 1.807) is 0 Å². The third-order valence-corrected chi connectivity index (χ3v) is 2.68. The molecule has 0 aromatic heterocycles. The molecule has 2 atom stereocenters. The van der Waals surface area contributed by atoms with Gasteiger partial charge in [0.2, 0.25) is 0 Å². The van der Waals surface area contributed by atoms with E-state index >= 15 is 0 Å². The molecule has 0 aliphatic carbocycles. The van der Waals surface area contributed by atoms with Gasteiger partial charge in [0.05, 0.1) is 0 Å². The third kappa shape index (κ3) is 1.64. The Morgan fingerprint density at radius 2 is 2.18 bits per heavy atom. The molecule has 3 N–H and O–H groups in total. The van der Waals surface area contributed by atoms with Crippen molar-refractivity contribution in [3.05, 3.63) is 0 Å². The largest absolute Gasteiger partial charge is 0.370 e. The van der Waals surface area contributed by atoms with Crippen molar-refractivity contribution in [2.75, 3.05) is 6.54 Å².